The SMILES string of the molecule is COc1ccc(OC)c(C=Cc2ccc(N3C(=O)[C@H]4[C@H](CC=C5[C@H](c6cc(I)c(O)c(OC)c6)C6=C(C[C@H]54)C(=O)C(C)=CC6=O)C3=O)cc2)c1. The van der Waals surface area contributed by atoms with Crippen molar-refractivity contribution in [2.75, 3.05) is 26.2 Å². The molecule has 10 heteroatoms. The van der Waals surface area contributed by atoms with E-state index in [-0.39, 0.29) is 41.3 Å². The van der Waals surface area contributed by atoms with Gasteiger partial charge in [-0.25, -0.2) is 0 Å². The zero-order chi connectivity index (χ0) is 35.4. The number of Topliss-reactive ketones (excluding diaryl/α,β-unsaturated/α-hetero) is 1. The molecule has 50 heavy (non-hydrogen) atoms. The third-order valence-electron chi connectivity index (χ3n) is 10.2. The van der Waals surface area contributed by atoms with Gasteiger partial charge in [0, 0.05) is 28.2 Å². The van der Waals surface area contributed by atoms with Gasteiger partial charge < -0.3 is 19.3 Å². The molecule has 3 aromatic carbocycles. The number of imide groups is 1. The molecule has 7 rings (SSSR count). The predicted octanol–water partition coefficient (Wildman–Crippen LogP) is 6.83. The van der Waals surface area contributed by atoms with E-state index in [0.717, 1.165) is 16.7 Å². The molecule has 1 N–H and O–H groups in total. The van der Waals surface area contributed by atoms with E-state index in [2.05, 4.69) is 0 Å². The maximum Gasteiger partial charge on any atom is 0.238 e. The number of methoxy groups -OCH3 is 3. The van der Waals surface area contributed by atoms with Crippen molar-refractivity contribution in [1.82, 2.24) is 0 Å². The molecular formula is C40H34INO8. The minimum absolute atomic E-state index is 0.0216. The van der Waals surface area contributed by atoms with E-state index in [4.69, 9.17) is 14.2 Å². The van der Waals surface area contributed by atoms with Crippen LogP contribution in [0.3, 0.4) is 0 Å². The molecule has 0 radical (unpaired) electrons. The summed E-state index contributed by atoms with van der Waals surface area (Å²) in [5.41, 5.74) is 4.78. The molecule has 9 nitrogen and oxygen atoms in total. The number of amides is 2. The molecule has 3 aliphatic carbocycles. The van der Waals surface area contributed by atoms with Gasteiger partial charge in [0.2, 0.25) is 11.8 Å². The highest BCUT2D eigenvalue weighted by Crippen LogP contribution is 2.56. The zero-order valence-corrected chi connectivity index (χ0v) is 30.0. The Bertz CT molecular complexity index is 2110. The highest BCUT2D eigenvalue weighted by molar-refractivity contribution is 14.1. The summed E-state index contributed by atoms with van der Waals surface area (Å²) >= 11 is 2.01. The quantitative estimate of drug-likeness (QED) is 0.0912. The molecule has 1 aliphatic heterocycles. The molecule has 2 amide bonds. The number of allylic oxidation sites excluding steroid dienone is 6. The smallest absolute Gasteiger partial charge is 0.238 e. The molecule has 0 unspecified atom stereocenters. The summed E-state index contributed by atoms with van der Waals surface area (Å²) in [5, 5.41) is 10.6. The van der Waals surface area contributed by atoms with Crippen molar-refractivity contribution in [3.63, 3.8) is 0 Å². The fourth-order valence-corrected chi connectivity index (χ4v) is 8.45. The summed E-state index contributed by atoms with van der Waals surface area (Å²) < 4.78 is 16.8. The molecular weight excluding hydrogens is 749 g/mol. The van der Waals surface area contributed by atoms with Gasteiger partial charge in [-0.2, -0.15) is 0 Å². The van der Waals surface area contributed by atoms with Gasteiger partial charge in [0.25, 0.3) is 0 Å². The van der Waals surface area contributed by atoms with Crippen molar-refractivity contribution >= 4 is 63.8 Å². The summed E-state index contributed by atoms with van der Waals surface area (Å²) in [6.07, 6.45) is 7.68. The summed E-state index contributed by atoms with van der Waals surface area (Å²) in [6, 6.07) is 16.2. The average Bonchev–Trinajstić information content (AvgIpc) is 3.38. The van der Waals surface area contributed by atoms with Crippen LogP contribution in [-0.4, -0.2) is 49.8 Å². The van der Waals surface area contributed by atoms with Crippen LogP contribution in [0.1, 0.15) is 42.4 Å². The van der Waals surface area contributed by atoms with Gasteiger partial charge >= 0.3 is 0 Å². The second kappa shape index (κ2) is 13.1. The van der Waals surface area contributed by atoms with Crippen molar-refractivity contribution in [3.8, 4) is 23.0 Å². The maximum atomic E-state index is 14.3. The monoisotopic (exact) mass is 783 g/mol. The Balaban J connectivity index is 1.22. The van der Waals surface area contributed by atoms with Crippen molar-refractivity contribution in [3.05, 3.63) is 109 Å². The summed E-state index contributed by atoms with van der Waals surface area (Å²) in [4.78, 5) is 56.8. The number of ether oxygens (including phenoxy) is 3. The second-order valence-electron chi connectivity index (χ2n) is 12.8. The van der Waals surface area contributed by atoms with E-state index < -0.39 is 23.7 Å². The number of ketones is 2. The van der Waals surface area contributed by atoms with Gasteiger partial charge in [-0.15, -0.1) is 0 Å². The van der Waals surface area contributed by atoms with Crippen LogP contribution in [0.4, 0.5) is 5.69 Å². The maximum absolute atomic E-state index is 14.3. The van der Waals surface area contributed by atoms with E-state index in [1.165, 1.54) is 18.1 Å². The lowest BCUT2D eigenvalue weighted by molar-refractivity contribution is -0.123. The fraction of sp³-hybridized carbons (Fsp3) is 0.250. The minimum atomic E-state index is -0.702. The van der Waals surface area contributed by atoms with Gasteiger partial charge in [-0.05, 0) is 108 Å². The number of phenolic OH excluding ortho intramolecular Hbond substituents is 1. The van der Waals surface area contributed by atoms with E-state index in [1.807, 2.05) is 71.2 Å². The molecule has 0 bridgehead atoms. The van der Waals surface area contributed by atoms with Crippen LogP contribution in [0.25, 0.3) is 12.2 Å². The fourth-order valence-electron chi connectivity index (χ4n) is 7.82. The molecule has 4 atom stereocenters. The van der Waals surface area contributed by atoms with Gasteiger partial charge in [0.05, 0.1) is 42.4 Å². The van der Waals surface area contributed by atoms with Crippen molar-refractivity contribution in [2.45, 2.75) is 25.7 Å². The number of carbonyl (C=O) groups excluding carboxylic acids is 4. The first-order chi connectivity index (χ1) is 24.1. The third kappa shape index (κ3) is 5.46. The number of nitrogens with zero attached hydrogens (tertiary/aromatic N) is 1. The number of halogens is 1. The van der Waals surface area contributed by atoms with Gasteiger partial charge in [0.1, 0.15) is 11.5 Å². The van der Waals surface area contributed by atoms with Crippen LogP contribution < -0.4 is 19.1 Å². The normalized spacial score (nSPS) is 23.0. The number of hydrogen-bond donors (Lipinski definition) is 1. The topological polar surface area (TPSA) is 119 Å². The Morgan fingerprint density at radius 1 is 0.860 bits per heavy atom. The standard InChI is InChI=1S/C40H34INO8/c1-20-15-31(43)36-29(37(20)44)19-28-26(34(36)23-17-30(41)38(45)33(18-23)50-4)12-13-27-35(28)40(47)42(39(27)46)24-9-6-21(7-10-24)5-8-22-16-25(48-2)11-14-32(22)49-3/h5-12,14-18,27-28,34-35,45H,13,19H2,1-4H3/t27-,28+,34-,35-/m0/s1. The molecule has 4 aliphatic rings. The van der Waals surface area contributed by atoms with Crippen LogP contribution in [0, 0.1) is 21.3 Å². The van der Waals surface area contributed by atoms with E-state index in [0.29, 0.717) is 49.5 Å². The number of benzene rings is 3. The minimum Gasteiger partial charge on any atom is -0.504 e. The molecule has 0 aromatic heterocycles. The van der Waals surface area contributed by atoms with Crippen molar-refractivity contribution in [2.24, 2.45) is 17.8 Å². The highest BCUT2D eigenvalue weighted by Gasteiger charge is 2.56. The molecule has 1 saturated heterocycles. The summed E-state index contributed by atoms with van der Waals surface area (Å²) in [5.74, 6) is -1.87. The highest BCUT2D eigenvalue weighted by atomic mass is 127. The lowest BCUT2D eigenvalue weighted by atomic mass is 9.59. The Morgan fingerprint density at radius 3 is 2.30 bits per heavy atom. The van der Waals surface area contributed by atoms with Gasteiger partial charge in [-0.3, -0.25) is 24.1 Å². The Morgan fingerprint density at radius 2 is 1.60 bits per heavy atom. The average molecular weight is 784 g/mol. The van der Waals surface area contributed by atoms with E-state index in [1.54, 1.807) is 45.4 Å². The van der Waals surface area contributed by atoms with Gasteiger partial charge in [-0.1, -0.05) is 35.9 Å². The molecule has 0 spiro atoms. The molecule has 1 heterocycles. The van der Waals surface area contributed by atoms with Crippen LogP contribution in [0.5, 0.6) is 23.0 Å². The molecule has 0 saturated carbocycles. The second-order valence-corrected chi connectivity index (χ2v) is 14.0. The van der Waals surface area contributed by atoms with Crippen LogP contribution in [0.15, 0.2) is 89.0 Å². The largest absolute Gasteiger partial charge is 0.504 e. The lowest BCUT2D eigenvalue weighted by Gasteiger charge is -2.42. The molecule has 1 fully saturated rings. The number of anilines is 1. The Labute approximate surface area is 303 Å². The lowest BCUT2D eigenvalue weighted by Crippen LogP contribution is -2.39. The summed E-state index contributed by atoms with van der Waals surface area (Å²) in [6.45, 7) is 1.62. The van der Waals surface area contributed by atoms with E-state index in [9.17, 15) is 24.3 Å². The number of aromatic hydroxyl groups is 1. The Kier molecular flexibility index (Phi) is 8.75. The number of carbonyl (C=O) groups is 4. The third-order valence-corrected chi connectivity index (χ3v) is 11.0. The number of hydrogen-bond acceptors (Lipinski definition) is 8. The first-order valence-corrected chi connectivity index (χ1v) is 17.3. The number of fused-ring (bicyclic) bond motifs is 3. The first-order valence-electron chi connectivity index (χ1n) is 16.2. The van der Waals surface area contributed by atoms with Crippen LogP contribution in [-0.2, 0) is 19.2 Å². The van der Waals surface area contributed by atoms with Crippen LogP contribution in [0.2, 0.25) is 0 Å². The van der Waals surface area contributed by atoms with Crippen molar-refractivity contribution in [1.29, 1.82) is 0 Å². The zero-order valence-electron chi connectivity index (χ0n) is 27.9. The molecule has 254 valence electrons. The Hall–Kier alpha value is -4.97. The first kappa shape index (κ1) is 33.5. The molecule has 3 aromatic rings. The number of phenols is 1. The van der Waals surface area contributed by atoms with Gasteiger partial charge in [0.15, 0.2) is 23.1 Å². The van der Waals surface area contributed by atoms with Crippen molar-refractivity contribution < 1.29 is 38.5 Å². The number of rotatable bonds is 7. The summed E-state index contributed by atoms with van der Waals surface area (Å²) in [7, 11) is 4.66. The van der Waals surface area contributed by atoms with Crippen LogP contribution >= 0.6 is 22.6 Å². The predicted molar refractivity (Wildman–Crippen MR) is 196 cm³/mol. The van der Waals surface area contributed by atoms with E-state index >= 15 is 0 Å².